The highest BCUT2D eigenvalue weighted by Crippen LogP contribution is 1.86. The van der Waals surface area contributed by atoms with Gasteiger partial charge in [-0.25, -0.2) is 8.42 Å². The Bertz CT molecular complexity index is 115. The third-order valence-electron chi connectivity index (χ3n) is 0.795. The molecule has 0 aromatic rings. The lowest BCUT2D eigenvalue weighted by atomic mass is 10.3. The molecule has 0 aliphatic carbocycles. The van der Waals surface area contributed by atoms with E-state index >= 15 is 0 Å². The highest BCUT2D eigenvalue weighted by atomic mass is 32.2. The number of hydrogen-bond acceptors (Lipinski definition) is 4. The van der Waals surface area contributed by atoms with Gasteiger partial charge in [0.05, 0.1) is 6.61 Å². The van der Waals surface area contributed by atoms with Gasteiger partial charge in [-0.2, -0.15) is 0 Å². The molecule has 0 unspecified atom stereocenters. The van der Waals surface area contributed by atoms with E-state index in [1.54, 1.807) is 0 Å². The van der Waals surface area contributed by atoms with Crippen molar-refractivity contribution in [1.82, 2.24) is 0 Å². The van der Waals surface area contributed by atoms with E-state index in [0.29, 0.717) is 13.0 Å². The molecule has 0 atom stereocenters. The standard InChI is InChI=1S/C4H11NO3S/c5-3-1-2-4-8-9(6)7/h9H,1-5H2. The first-order valence-corrected chi connectivity index (χ1v) is 3.84. The summed E-state index contributed by atoms with van der Waals surface area (Å²) in [6.45, 7) is 0.842. The summed E-state index contributed by atoms with van der Waals surface area (Å²) in [6, 6.07) is 0. The van der Waals surface area contributed by atoms with E-state index in [9.17, 15) is 8.42 Å². The van der Waals surface area contributed by atoms with Crippen LogP contribution in [0.3, 0.4) is 0 Å². The number of hydrogen-bond donors (Lipinski definition) is 2. The molecular weight excluding hydrogens is 142 g/mol. The normalized spacial score (nSPS) is 10.4. The molecule has 0 saturated carbocycles. The van der Waals surface area contributed by atoms with E-state index in [1.807, 2.05) is 0 Å². The maximum atomic E-state index is 9.75. The molecule has 0 radical (unpaired) electrons. The highest BCUT2D eigenvalue weighted by molar-refractivity contribution is 7.67. The van der Waals surface area contributed by atoms with Crippen molar-refractivity contribution in [2.45, 2.75) is 12.8 Å². The number of unbranched alkanes of at least 4 members (excludes halogenated alkanes) is 1. The van der Waals surface area contributed by atoms with Crippen LogP contribution in [-0.2, 0) is 15.2 Å². The maximum absolute atomic E-state index is 9.75. The van der Waals surface area contributed by atoms with Crippen LogP contribution in [0.4, 0.5) is 0 Å². The molecule has 0 amide bonds. The summed E-state index contributed by atoms with van der Waals surface area (Å²) in [5, 5.41) is 0. The van der Waals surface area contributed by atoms with Gasteiger partial charge in [-0.05, 0) is 19.4 Å². The van der Waals surface area contributed by atoms with Crippen LogP contribution >= 0.6 is 0 Å². The smallest absolute Gasteiger partial charge is 0.257 e. The summed E-state index contributed by atoms with van der Waals surface area (Å²) in [4.78, 5) is 0. The Morgan fingerprint density at radius 3 is 2.44 bits per heavy atom. The fraction of sp³-hybridized carbons (Fsp3) is 1.00. The fourth-order valence-electron chi connectivity index (χ4n) is 0.385. The summed E-state index contributed by atoms with van der Waals surface area (Å²) in [6.07, 6.45) is 1.52. The predicted molar refractivity (Wildman–Crippen MR) is 34.6 cm³/mol. The molecule has 0 rings (SSSR count). The predicted octanol–water partition coefficient (Wildman–Crippen LogP) is -0.732. The zero-order chi connectivity index (χ0) is 7.11. The Balaban J connectivity index is 2.92. The molecule has 0 aromatic heterocycles. The third-order valence-corrected chi connectivity index (χ3v) is 1.19. The van der Waals surface area contributed by atoms with Crippen LogP contribution in [0.15, 0.2) is 0 Å². The van der Waals surface area contributed by atoms with Crippen molar-refractivity contribution >= 4 is 11.0 Å². The maximum Gasteiger partial charge on any atom is 0.257 e. The first kappa shape index (κ1) is 8.87. The van der Waals surface area contributed by atoms with Gasteiger partial charge < -0.3 is 5.73 Å². The van der Waals surface area contributed by atoms with E-state index in [4.69, 9.17) is 5.73 Å². The van der Waals surface area contributed by atoms with Gasteiger partial charge in [-0.1, -0.05) is 0 Å². The minimum atomic E-state index is -2.66. The van der Waals surface area contributed by atoms with Crippen molar-refractivity contribution in [1.29, 1.82) is 0 Å². The Morgan fingerprint density at radius 2 is 2.00 bits per heavy atom. The molecule has 9 heavy (non-hydrogen) atoms. The van der Waals surface area contributed by atoms with Crippen LogP contribution in [0, 0.1) is 0 Å². The molecule has 0 fully saturated rings. The quantitative estimate of drug-likeness (QED) is 0.403. The topological polar surface area (TPSA) is 69.4 Å². The Kier molecular flexibility index (Phi) is 5.91. The van der Waals surface area contributed by atoms with Gasteiger partial charge >= 0.3 is 0 Å². The Hall–Kier alpha value is -0.130. The zero-order valence-electron chi connectivity index (χ0n) is 5.08. The summed E-state index contributed by atoms with van der Waals surface area (Å²) >= 11 is 0. The minimum absolute atomic E-state index is 0.260. The second-order valence-electron chi connectivity index (χ2n) is 1.55. The lowest BCUT2D eigenvalue weighted by molar-refractivity contribution is 0.323. The van der Waals surface area contributed by atoms with Crippen molar-refractivity contribution in [2.24, 2.45) is 5.73 Å². The molecule has 0 aliphatic heterocycles. The Labute approximate surface area is 56.2 Å². The van der Waals surface area contributed by atoms with Crippen LogP contribution in [0.25, 0.3) is 0 Å². The van der Waals surface area contributed by atoms with Gasteiger partial charge in [0.15, 0.2) is 0 Å². The van der Waals surface area contributed by atoms with Gasteiger partial charge in [0, 0.05) is 0 Å². The molecule has 0 spiro atoms. The number of nitrogens with two attached hydrogens (primary N) is 1. The minimum Gasteiger partial charge on any atom is -0.330 e. The Morgan fingerprint density at radius 1 is 1.33 bits per heavy atom. The average Bonchev–Trinajstić information content (AvgIpc) is 1.80. The first-order valence-electron chi connectivity index (χ1n) is 2.74. The first-order chi connectivity index (χ1) is 4.27. The molecule has 2 N–H and O–H groups in total. The van der Waals surface area contributed by atoms with E-state index in [0.717, 1.165) is 6.42 Å². The van der Waals surface area contributed by atoms with Crippen LogP contribution in [0.2, 0.25) is 0 Å². The van der Waals surface area contributed by atoms with E-state index in [2.05, 4.69) is 4.18 Å². The summed E-state index contributed by atoms with van der Waals surface area (Å²) in [7, 11) is -2.66. The highest BCUT2D eigenvalue weighted by Gasteiger charge is 1.86. The van der Waals surface area contributed by atoms with Crippen molar-refractivity contribution in [3.63, 3.8) is 0 Å². The van der Waals surface area contributed by atoms with Gasteiger partial charge in [-0.3, -0.25) is 4.18 Å². The number of rotatable bonds is 5. The number of thiol groups is 1. The molecule has 0 aliphatic rings. The van der Waals surface area contributed by atoms with Gasteiger partial charge in [0.2, 0.25) is 0 Å². The molecule has 56 valence electrons. The van der Waals surface area contributed by atoms with Crippen LogP contribution in [0.5, 0.6) is 0 Å². The second-order valence-corrected chi connectivity index (χ2v) is 2.26. The van der Waals surface area contributed by atoms with Crippen LogP contribution in [-0.4, -0.2) is 21.6 Å². The van der Waals surface area contributed by atoms with E-state index < -0.39 is 11.0 Å². The molecule has 0 heterocycles. The molecule has 0 aromatic carbocycles. The third kappa shape index (κ3) is 7.87. The van der Waals surface area contributed by atoms with E-state index in [-0.39, 0.29) is 6.61 Å². The molecule has 4 nitrogen and oxygen atoms in total. The molecule has 0 saturated heterocycles. The molecular formula is C4H11NO3S. The van der Waals surface area contributed by atoms with Gasteiger partial charge in [-0.15, -0.1) is 0 Å². The average molecular weight is 153 g/mol. The van der Waals surface area contributed by atoms with E-state index in [1.165, 1.54) is 0 Å². The summed E-state index contributed by atoms with van der Waals surface area (Å²) in [5.74, 6) is 0. The van der Waals surface area contributed by atoms with Crippen molar-refractivity contribution in [2.75, 3.05) is 13.2 Å². The van der Waals surface area contributed by atoms with Gasteiger partial charge in [0.25, 0.3) is 11.0 Å². The van der Waals surface area contributed by atoms with Crippen molar-refractivity contribution in [3.05, 3.63) is 0 Å². The van der Waals surface area contributed by atoms with Crippen LogP contribution in [0.1, 0.15) is 12.8 Å². The lowest BCUT2D eigenvalue weighted by Gasteiger charge is -1.92. The fourth-order valence-corrected chi connectivity index (χ4v) is 0.664. The zero-order valence-corrected chi connectivity index (χ0v) is 5.97. The monoisotopic (exact) mass is 153 g/mol. The largest absolute Gasteiger partial charge is 0.330 e. The SMILES string of the molecule is NCCCCO[SH](=O)=O. The van der Waals surface area contributed by atoms with Gasteiger partial charge in [0.1, 0.15) is 0 Å². The summed E-state index contributed by atoms with van der Waals surface area (Å²) < 4.78 is 23.7. The second kappa shape index (κ2) is 6.00. The van der Waals surface area contributed by atoms with Crippen molar-refractivity contribution < 1.29 is 12.6 Å². The van der Waals surface area contributed by atoms with Crippen molar-refractivity contribution in [3.8, 4) is 0 Å². The van der Waals surface area contributed by atoms with Crippen LogP contribution < -0.4 is 5.73 Å². The lowest BCUT2D eigenvalue weighted by Crippen LogP contribution is -2.00. The summed E-state index contributed by atoms with van der Waals surface area (Å²) in [5.41, 5.74) is 5.14. The molecule has 5 heteroatoms. The molecule has 0 bridgehead atoms.